The summed E-state index contributed by atoms with van der Waals surface area (Å²) in [6.07, 6.45) is 0.283. The molecule has 0 bridgehead atoms. The highest BCUT2D eigenvalue weighted by atomic mass is 32.1. The van der Waals surface area contributed by atoms with Crippen molar-refractivity contribution in [3.8, 4) is 0 Å². The van der Waals surface area contributed by atoms with Crippen molar-refractivity contribution in [1.82, 2.24) is 0 Å². The zero-order valence-corrected chi connectivity index (χ0v) is 6.57. The van der Waals surface area contributed by atoms with Gasteiger partial charge in [0.25, 0.3) is 0 Å². The fourth-order valence-electron chi connectivity index (χ4n) is 0.380. The van der Waals surface area contributed by atoms with Crippen LogP contribution in [0.1, 0.15) is 13.8 Å². The van der Waals surface area contributed by atoms with E-state index in [4.69, 9.17) is 4.74 Å². The van der Waals surface area contributed by atoms with Gasteiger partial charge < -0.3 is 4.74 Å². The van der Waals surface area contributed by atoms with Crippen molar-refractivity contribution in [3.63, 3.8) is 0 Å². The summed E-state index contributed by atoms with van der Waals surface area (Å²) in [6.45, 7) is 5.24. The first kappa shape index (κ1) is 8.76. The molecule has 0 spiro atoms. The first-order chi connectivity index (χ1) is 4.27. The van der Waals surface area contributed by atoms with Crippen LogP contribution in [0.5, 0.6) is 0 Å². The number of aliphatic imine (C=N–C) groups is 1. The van der Waals surface area contributed by atoms with Crippen molar-refractivity contribution in [3.05, 3.63) is 0 Å². The van der Waals surface area contributed by atoms with E-state index in [1.165, 1.54) is 0 Å². The minimum Gasteiger partial charge on any atom is -0.377 e. The van der Waals surface area contributed by atoms with Gasteiger partial charge in [-0.2, -0.15) is 0 Å². The topological polar surface area (TPSA) is 21.6 Å². The van der Waals surface area contributed by atoms with Crippen LogP contribution in [0.3, 0.4) is 0 Å². The third-order valence-electron chi connectivity index (χ3n) is 0.719. The molecule has 52 valence electrons. The predicted molar refractivity (Wildman–Crippen MR) is 41.0 cm³/mol. The number of isothiocyanates is 1. The molecule has 0 rings (SSSR count). The third kappa shape index (κ3) is 7.76. The van der Waals surface area contributed by atoms with Gasteiger partial charge >= 0.3 is 0 Å². The van der Waals surface area contributed by atoms with Gasteiger partial charge in [-0.3, -0.25) is 0 Å². The predicted octanol–water partition coefficient (Wildman–Crippen LogP) is 1.51. The van der Waals surface area contributed by atoms with Crippen molar-refractivity contribution in [2.45, 2.75) is 20.0 Å². The molecular weight excluding hydrogens is 134 g/mol. The fourth-order valence-corrected chi connectivity index (χ4v) is 0.471. The number of thiocarbonyl (C=S) groups is 1. The molecule has 0 radical (unpaired) electrons. The van der Waals surface area contributed by atoms with E-state index in [0.717, 1.165) is 0 Å². The lowest BCUT2D eigenvalue weighted by molar-refractivity contribution is 0.0854. The van der Waals surface area contributed by atoms with E-state index in [0.29, 0.717) is 13.2 Å². The minimum atomic E-state index is 0.283. The first-order valence-corrected chi connectivity index (χ1v) is 3.33. The normalized spacial score (nSPS) is 9.22. The summed E-state index contributed by atoms with van der Waals surface area (Å²) in [5.41, 5.74) is 0. The van der Waals surface area contributed by atoms with Gasteiger partial charge in [0.15, 0.2) is 0 Å². The van der Waals surface area contributed by atoms with Gasteiger partial charge in [0.1, 0.15) is 0 Å². The average molecular weight is 145 g/mol. The van der Waals surface area contributed by atoms with Crippen LogP contribution in [0, 0.1) is 0 Å². The van der Waals surface area contributed by atoms with Crippen LogP contribution < -0.4 is 0 Å². The number of nitrogens with zero attached hydrogens (tertiary/aromatic N) is 1. The van der Waals surface area contributed by atoms with Crippen LogP contribution in [0.25, 0.3) is 0 Å². The summed E-state index contributed by atoms with van der Waals surface area (Å²) in [5, 5.41) is 2.27. The second-order valence-corrected chi connectivity index (χ2v) is 2.08. The van der Waals surface area contributed by atoms with E-state index in [2.05, 4.69) is 22.4 Å². The molecule has 2 nitrogen and oxygen atoms in total. The molecule has 3 heteroatoms. The van der Waals surface area contributed by atoms with Gasteiger partial charge in [0, 0.05) is 0 Å². The highest BCUT2D eigenvalue weighted by Gasteiger charge is 1.88. The van der Waals surface area contributed by atoms with E-state index in [9.17, 15) is 0 Å². The van der Waals surface area contributed by atoms with Crippen molar-refractivity contribution in [2.24, 2.45) is 4.99 Å². The Kier molecular flexibility index (Phi) is 5.73. The van der Waals surface area contributed by atoms with Crippen LogP contribution in [0.2, 0.25) is 0 Å². The molecule has 0 atom stereocenters. The standard InChI is InChI=1S/C6H11NOS/c1-6(2)8-4-3-7-5-9/h6H,3-4H2,1-2H3. The minimum absolute atomic E-state index is 0.283. The van der Waals surface area contributed by atoms with Gasteiger partial charge in [-0.05, 0) is 26.1 Å². The van der Waals surface area contributed by atoms with Gasteiger partial charge in [-0.25, -0.2) is 4.99 Å². The Morgan fingerprint density at radius 1 is 1.67 bits per heavy atom. The van der Waals surface area contributed by atoms with Gasteiger partial charge in [0.2, 0.25) is 0 Å². The lowest BCUT2D eigenvalue weighted by atomic mass is 10.5. The molecule has 0 aliphatic carbocycles. The number of ether oxygens (including phenoxy) is 1. The molecule has 0 aromatic carbocycles. The van der Waals surface area contributed by atoms with E-state index >= 15 is 0 Å². The van der Waals surface area contributed by atoms with Crippen LogP contribution in [-0.4, -0.2) is 24.4 Å². The number of hydrogen-bond donors (Lipinski definition) is 0. The number of rotatable bonds is 4. The lowest BCUT2D eigenvalue weighted by Gasteiger charge is -2.02. The van der Waals surface area contributed by atoms with Crippen LogP contribution in [0.4, 0.5) is 0 Å². The maximum Gasteiger partial charge on any atom is 0.0727 e. The maximum atomic E-state index is 5.16. The monoisotopic (exact) mass is 145 g/mol. The zero-order valence-electron chi connectivity index (χ0n) is 5.76. The highest BCUT2D eigenvalue weighted by Crippen LogP contribution is 1.85. The van der Waals surface area contributed by atoms with Gasteiger partial charge in [0.05, 0.1) is 24.4 Å². The molecular formula is C6H11NOS. The molecule has 0 heterocycles. The molecule has 9 heavy (non-hydrogen) atoms. The Balaban J connectivity index is 3.00. The van der Waals surface area contributed by atoms with Crippen LogP contribution in [-0.2, 0) is 4.74 Å². The van der Waals surface area contributed by atoms with Crippen LogP contribution in [0.15, 0.2) is 4.99 Å². The van der Waals surface area contributed by atoms with Gasteiger partial charge in [-0.1, -0.05) is 0 Å². The fraction of sp³-hybridized carbons (Fsp3) is 0.833. The molecule has 0 saturated heterocycles. The average Bonchev–Trinajstić information content (AvgIpc) is 1.80. The van der Waals surface area contributed by atoms with Crippen molar-refractivity contribution in [2.75, 3.05) is 13.2 Å². The largest absolute Gasteiger partial charge is 0.377 e. The molecule has 0 unspecified atom stereocenters. The Hall–Kier alpha value is -0.240. The summed E-state index contributed by atoms with van der Waals surface area (Å²) < 4.78 is 5.16. The van der Waals surface area contributed by atoms with E-state index in [1.807, 2.05) is 13.8 Å². The highest BCUT2D eigenvalue weighted by molar-refractivity contribution is 7.78. The molecule has 0 aromatic heterocycles. The first-order valence-electron chi connectivity index (χ1n) is 2.92. The molecule has 0 fully saturated rings. The SMILES string of the molecule is CC(C)OCCN=C=S. The summed E-state index contributed by atoms with van der Waals surface area (Å²) in [7, 11) is 0. The van der Waals surface area contributed by atoms with Gasteiger partial charge in [-0.15, -0.1) is 0 Å². The lowest BCUT2D eigenvalue weighted by Crippen LogP contribution is -2.05. The van der Waals surface area contributed by atoms with Crippen molar-refractivity contribution < 1.29 is 4.74 Å². The molecule has 0 aliphatic heterocycles. The van der Waals surface area contributed by atoms with E-state index in [1.54, 1.807) is 0 Å². The summed E-state index contributed by atoms with van der Waals surface area (Å²) >= 11 is 4.36. The van der Waals surface area contributed by atoms with Crippen molar-refractivity contribution in [1.29, 1.82) is 0 Å². The molecule has 0 N–H and O–H groups in total. The second-order valence-electron chi connectivity index (χ2n) is 1.89. The Bertz CT molecular complexity index is 108. The third-order valence-corrected chi connectivity index (χ3v) is 0.848. The summed E-state index contributed by atoms with van der Waals surface area (Å²) in [4.78, 5) is 3.68. The molecule has 0 amide bonds. The second kappa shape index (κ2) is 5.89. The quantitative estimate of drug-likeness (QED) is 0.340. The van der Waals surface area contributed by atoms with E-state index in [-0.39, 0.29) is 6.10 Å². The van der Waals surface area contributed by atoms with Crippen LogP contribution >= 0.6 is 12.2 Å². The molecule has 0 aromatic rings. The summed E-state index contributed by atoms with van der Waals surface area (Å²) in [5.74, 6) is 0. The Morgan fingerprint density at radius 3 is 2.78 bits per heavy atom. The van der Waals surface area contributed by atoms with Crippen molar-refractivity contribution >= 4 is 17.4 Å². The smallest absolute Gasteiger partial charge is 0.0727 e. The number of hydrogen-bond acceptors (Lipinski definition) is 3. The summed E-state index contributed by atoms with van der Waals surface area (Å²) in [6, 6.07) is 0. The van der Waals surface area contributed by atoms with E-state index < -0.39 is 0 Å². The zero-order chi connectivity index (χ0) is 7.11. The Labute approximate surface area is 60.9 Å². The molecule has 0 aliphatic rings. The maximum absolute atomic E-state index is 5.16. The Morgan fingerprint density at radius 2 is 2.33 bits per heavy atom. The molecule has 0 saturated carbocycles.